The second-order valence-electron chi connectivity index (χ2n) is 4.18. The summed E-state index contributed by atoms with van der Waals surface area (Å²) < 4.78 is 5.51. The van der Waals surface area contributed by atoms with Crippen molar-refractivity contribution in [1.29, 1.82) is 0 Å². The lowest BCUT2D eigenvalue weighted by molar-refractivity contribution is 0.490. The Bertz CT molecular complexity index is 485. The third kappa shape index (κ3) is 2.45. The molecule has 84 valence electrons. The fraction of sp³-hybridized carbons (Fsp3) is 0.286. The predicted octanol–water partition coefficient (Wildman–Crippen LogP) is 3.82. The largest absolute Gasteiger partial charge is 0.465 e. The van der Waals surface area contributed by atoms with Crippen molar-refractivity contribution in [3.63, 3.8) is 0 Å². The maximum Gasteiger partial charge on any atom is 0.123 e. The van der Waals surface area contributed by atoms with E-state index < -0.39 is 0 Å². The summed E-state index contributed by atoms with van der Waals surface area (Å²) in [6.45, 7) is 6.91. The molecule has 1 aromatic heterocycles. The number of aryl methyl sites for hydroxylation is 3. The van der Waals surface area contributed by atoms with Crippen LogP contribution in [0.2, 0.25) is 0 Å². The van der Waals surface area contributed by atoms with Crippen molar-refractivity contribution in [1.82, 2.24) is 0 Å². The third-order valence-electron chi connectivity index (χ3n) is 2.63. The molecule has 2 heteroatoms. The van der Waals surface area contributed by atoms with Gasteiger partial charge in [-0.05, 0) is 44.5 Å². The quantitative estimate of drug-likeness (QED) is 0.842. The molecule has 1 aromatic carbocycles. The van der Waals surface area contributed by atoms with E-state index in [1.165, 1.54) is 16.8 Å². The molecule has 0 bridgehead atoms. The van der Waals surface area contributed by atoms with Gasteiger partial charge in [-0.25, -0.2) is 0 Å². The van der Waals surface area contributed by atoms with Crippen molar-refractivity contribution in [2.24, 2.45) is 0 Å². The summed E-state index contributed by atoms with van der Waals surface area (Å²) >= 11 is 0. The number of nitrogens with one attached hydrogen (secondary N) is 1. The highest BCUT2D eigenvalue weighted by molar-refractivity contribution is 5.51. The number of hydrogen-bond acceptors (Lipinski definition) is 2. The first-order valence-electron chi connectivity index (χ1n) is 5.51. The molecule has 0 amide bonds. The number of rotatable bonds is 3. The van der Waals surface area contributed by atoms with Gasteiger partial charge in [0.25, 0.3) is 0 Å². The summed E-state index contributed by atoms with van der Waals surface area (Å²) in [5.74, 6) is 1.93. The molecule has 16 heavy (non-hydrogen) atoms. The highest BCUT2D eigenvalue weighted by Gasteiger charge is 2.00. The first-order valence-corrected chi connectivity index (χ1v) is 5.51. The van der Waals surface area contributed by atoms with Crippen LogP contribution in [0.4, 0.5) is 5.69 Å². The lowest BCUT2D eigenvalue weighted by Crippen LogP contribution is -1.99. The molecule has 0 fully saturated rings. The van der Waals surface area contributed by atoms with E-state index in [2.05, 4.69) is 37.4 Å². The van der Waals surface area contributed by atoms with Gasteiger partial charge in [0, 0.05) is 5.69 Å². The molecule has 0 aliphatic rings. The maximum absolute atomic E-state index is 5.51. The minimum atomic E-state index is 0.734. The first kappa shape index (κ1) is 10.8. The Morgan fingerprint density at radius 3 is 2.50 bits per heavy atom. The SMILES string of the molecule is Cc1ccc(NCc2ccc(C)o2)c(C)c1. The van der Waals surface area contributed by atoms with E-state index in [0.717, 1.165) is 18.1 Å². The van der Waals surface area contributed by atoms with Crippen LogP contribution in [0.25, 0.3) is 0 Å². The molecular weight excluding hydrogens is 198 g/mol. The zero-order valence-electron chi connectivity index (χ0n) is 10.0. The van der Waals surface area contributed by atoms with Crippen molar-refractivity contribution in [3.05, 3.63) is 53.0 Å². The Morgan fingerprint density at radius 1 is 1.06 bits per heavy atom. The average molecular weight is 215 g/mol. The van der Waals surface area contributed by atoms with Gasteiger partial charge in [0.2, 0.25) is 0 Å². The third-order valence-corrected chi connectivity index (χ3v) is 2.63. The monoisotopic (exact) mass is 215 g/mol. The molecule has 2 nitrogen and oxygen atoms in total. The van der Waals surface area contributed by atoms with Gasteiger partial charge in [0.15, 0.2) is 0 Å². The summed E-state index contributed by atoms with van der Waals surface area (Å²) in [6.07, 6.45) is 0. The Kier molecular flexibility index (Phi) is 3.00. The second-order valence-corrected chi connectivity index (χ2v) is 4.18. The molecular formula is C14H17NO. The number of hydrogen-bond donors (Lipinski definition) is 1. The highest BCUT2D eigenvalue weighted by Crippen LogP contribution is 2.17. The number of benzene rings is 1. The summed E-state index contributed by atoms with van der Waals surface area (Å²) in [5, 5.41) is 3.38. The van der Waals surface area contributed by atoms with Crippen molar-refractivity contribution in [2.45, 2.75) is 27.3 Å². The highest BCUT2D eigenvalue weighted by atomic mass is 16.3. The van der Waals surface area contributed by atoms with E-state index in [-0.39, 0.29) is 0 Å². The zero-order chi connectivity index (χ0) is 11.5. The molecule has 0 saturated heterocycles. The van der Waals surface area contributed by atoms with Crippen LogP contribution in [0, 0.1) is 20.8 Å². The van der Waals surface area contributed by atoms with Crippen molar-refractivity contribution in [2.75, 3.05) is 5.32 Å². The number of anilines is 1. The fourth-order valence-electron chi connectivity index (χ4n) is 1.77. The van der Waals surface area contributed by atoms with E-state index in [4.69, 9.17) is 4.42 Å². The molecule has 0 atom stereocenters. The van der Waals surface area contributed by atoms with E-state index in [9.17, 15) is 0 Å². The summed E-state index contributed by atoms with van der Waals surface area (Å²) in [4.78, 5) is 0. The molecule has 0 aliphatic heterocycles. The predicted molar refractivity (Wildman–Crippen MR) is 66.7 cm³/mol. The average Bonchev–Trinajstić information content (AvgIpc) is 2.63. The molecule has 2 aromatic rings. The van der Waals surface area contributed by atoms with Crippen LogP contribution in [0.1, 0.15) is 22.6 Å². The van der Waals surface area contributed by atoms with Crippen LogP contribution in [0.15, 0.2) is 34.7 Å². The van der Waals surface area contributed by atoms with Gasteiger partial charge >= 0.3 is 0 Å². The summed E-state index contributed by atoms with van der Waals surface area (Å²) in [5.41, 5.74) is 3.72. The second kappa shape index (κ2) is 4.44. The first-order chi connectivity index (χ1) is 7.65. The van der Waals surface area contributed by atoms with Crippen LogP contribution in [-0.2, 0) is 6.54 Å². The normalized spacial score (nSPS) is 10.4. The van der Waals surface area contributed by atoms with Crippen molar-refractivity contribution in [3.8, 4) is 0 Å². The van der Waals surface area contributed by atoms with E-state index in [1.54, 1.807) is 0 Å². The standard InChI is InChI=1S/C14H17NO/c1-10-4-7-14(11(2)8-10)15-9-13-6-5-12(3)16-13/h4-8,15H,9H2,1-3H3. The lowest BCUT2D eigenvalue weighted by atomic mass is 10.1. The molecule has 0 aliphatic carbocycles. The van der Waals surface area contributed by atoms with Crippen molar-refractivity contribution < 1.29 is 4.42 Å². The Morgan fingerprint density at radius 2 is 1.88 bits per heavy atom. The van der Waals surface area contributed by atoms with Crippen molar-refractivity contribution >= 4 is 5.69 Å². The molecule has 2 rings (SSSR count). The topological polar surface area (TPSA) is 25.2 Å². The fourth-order valence-corrected chi connectivity index (χ4v) is 1.77. The van der Waals surface area contributed by atoms with E-state index in [1.807, 2.05) is 19.1 Å². The van der Waals surface area contributed by atoms with E-state index in [0.29, 0.717) is 0 Å². The smallest absolute Gasteiger partial charge is 0.123 e. The van der Waals surface area contributed by atoms with Crippen LogP contribution < -0.4 is 5.32 Å². The maximum atomic E-state index is 5.51. The van der Waals surface area contributed by atoms with Gasteiger partial charge in [-0.15, -0.1) is 0 Å². The van der Waals surface area contributed by atoms with Gasteiger partial charge < -0.3 is 9.73 Å². The van der Waals surface area contributed by atoms with Gasteiger partial charge in [0.05, 0.1) is 6.54 Å². The number of furan rings is 1. The van der Waals surface area contributed by atoms with Gasteiger partial charge in [-0.1, -0.05) is 17.7 Å². The minimum absolute atomic E-state index is 0.734. The molecule has 0 spiro atoms. The van der Waals surface area contributed by atoms with Gasteiger partial charge in [0.1, 0.15) is 11.5 Å². The molecule has 1 heterocycles. The molecule has 0 unspecified atom stereocenters. The summed E-state index contributed by atoms with van der Waals surface area (Å²) in [6, 6.07) is 10.4. The van der Waals surface area contributed by atoms with Crippen LogP contribution in [0.5, 0.6) is 0 Å². The van der Waals surface area contributed by atoms with Gasteiger partial charge in [-0.3, -0.25) is 0 Å². The van der Waals surface area contributed by atoms with Crippen LogP contribution >= 0.6 is 0 Å². The Balaban J connectivity index is 2.04. The Hall–Kier alpha value is -1.70. The molecule has 1 N–H and O–H groups in total. The zero-order valence-corrected chi connectivity index (χ0v) is 10.0. The van der Waals surface area contributed by atoms with Crippen LogP contribution in [0.3, 0.4) is 0 Å². The summed E-state index contributed by atoms with van der Waals surface area (Å²) in [7, 11) is 0. The van der Waals surface area contributed by atoms with Gasteiger partial charge in [-0.2, -0.15) is 0 Å². The molecule has 0 saturated carbocycles. The molecule has 0 radical (unpaired) electrons. The Labute approximate surface area is 96.3 Å². The minimum Gasteiger partial charge on any atom is -0.465 e. The van der Waals surface area contributed by atoms with Crippen LogP contribution in [-0.4, -0.2) is 0 Å². The van der Waals surface area contributed by atoms with E-state index >= 15 is 0 Å². The lowest BCUT2D eigenvalue weighted by Gasteiger charge is -2.08.